The second kappa shape index (κ2) is 7.41. The van der Waals surface area contributed by atoms with Crippen LogP contribution >= 0.6 is 0 Å². The highest BCUT2D eigenvalue weighted by atomic mass is 16.6. The fraction of sp³-hybridized carbons (Fsp3) is 0.417. The minimum Gasteiger partial charge on any atom is -0.462 e. The molecule has 0 saturated carbocycles. The van der Waals surface area contributed by atoms with Gasteiger partial charge in [-0.3, -0.25) is 10.1 Å². The summed E-state index contributed by atoms with van der Waals surface area (Å²) in [5.41, 5.74) is 0.0633. The number of nitro benzene ring substituents is 1. The first-order valence-corrected chi connectivity index (χ1v) is 5.97. The molecule has 1 aromatic carbocycles. The van der Waals surface area contributed by atoms with Gasteiger partial charge in [-0.05, 0) is 13.0 Å². The quantitative estimate of drug-likeness (QED) is 0.379. The van der Waals surface area contributed by atoms with E-state index in [9.17, 15) is 20.0 Å². The number of nitrogens with zero attached hydrogens (tertiary/aromatic N) is 1. The molecule has 20 heavy (non-hydrogen) atoms. The molecule has 0 bridgehead atoms. The van der Waals surface area contributed by atoms with Gasteiger partial charge < -0.3 is 20.3 Å². The van der Waals surface area contributed by atoms with E-state index >= 15 is 0 Å². The minimum absolute atomic E-state index is 0.0000665. The van der Waals surface area contributed by atoms with Crippen LogP contribution in [-0.4, -0.2) is 47.0 Å². The van der Waals surface area contributed by atoms with Gasteiger partial charge in [-0.15, -0.1) is 0 Å². The summed E-state index contributed by atoms with van der Waals surface area (Å²) in [5.74, 6) is -0.665. The Morgan fingerprint density at radius 2 is 2.20 bits per heavy atom. The molecular formula is C12H16N2O6. The number of benzene rings is 1. The van der Waals surface area contributed by atoms with Crippen molar-refractivity contribution in [2.75, 3.05) is 25.1 Å². The summed E-state index contributed by atoms with van der Waals surface area (Å²) in [6, 6.07) is 3.73. The van der Waals surface area contributed by atoms with Crippen LogP contribution in [0.25, 0.3) is 0 Å². The highest BCUT2D eigenvalue weighted by Gasteiger charge is 2.15. The Balaban J connectivity index is 2.98. The lowest BCUT2D eigenvalue weighted by Crippen LogP contribution is -2.23. The molecule has 1 rings (SSSR count). The van der Waals surface area contributed by atoms with E-state index in [-0.39, 0.29) is 30.1 Å². The van der Waals surface area contributed by atoms with Crippen LogP contribution in [0, 0.1) is 10.1 Å². The Morgan fingerprint density at radius 1 is 1.50 bits per heavy atom. The number of rotatable bonds is 7. The van der Waals surface area contributed by atoms with E-state index in [1.165, 1.54) is 12.1 Å². The Morgan fingerprint density at radius 3 is 2.75 bits per heavy atom. The largest absolute Gasteiger partial charge is 0.462 e. The first-order chi connectivity index (χ1) is 9.47. The maximum absolute atomic E-state index is 11.6. The summed E-state index contributed by atoms with van der Waals surface area (Å²) in [6.45, 7) is 1.35. The van der Waals surface area contributed by atoms with Crippen LogP contribution in [0.2, 0.25) is 0 Å². The summed E-state index contributed by atoms with van der Waals surface area (Å²) >= 11 is 0. The Labute approximate surface area is 115 Å². The molecule has 3 N–H and O–H groups in total. The van der Waals surface area contributed by atoms with E-state index in [1.807, 2.05) is 0 Å². The van der Waals surface area contributed by atoms with Crippen molar-refractivity contribution in [3.05, 3.63) is 33.9 Å². The number of carbonyl (C=O) groups is 1. The number of aliphatic hydroxyl groups excluding tert-OH is 2. The van der Waals surface area contributed by atoms with Gasteiger partial charge in [0.1, 0.15) is 0 Å². The molecule has 0 heterocycles. The first kappa shape index (κ1) is 15.9. The number of ether oxygens (including phenoxy) is 1. The van der Waals surface area contributed by atoms with E-state index in [0.29, 0.717) is 0 Å². The van der Waals surface area contributed by atoms with Gasteiger partial charge in [-0.1, -0.05) is 0 Å². The maximum Gasteiger partial charge on any atom is 0.338 e. The van der Waals surface area contributed by atoms with E-state index in [4.69, 9.17) is 9.84 Å². The van der Waals surface area contributed by atoms with Crippen molar-refractivity contribution in [2.24, 2.45) is 0 Å². The third kappa shape index (κ3) is 4.48. The molecule has 0 spiro atoms. The van der Waals surface area contributed by atoms with E-state index in [1.54, 1.807) is 6.92 Å². The number of carbonyl (C=O) groups excluding carboxylic acids is 1. The molecule has 110 valence electrons. The molecule has 1 unspecified atom stereocenters. The number of esters is 1. The monoisotopic (exact) mass is 284 g/mol. The van der Waals surface area contributed by atoms with Crippen LogP contribution < -0.4 is 5.32 Å². The molecule has 8 heteroatoms. The molecule has 0 aliphatic heterocycles. The highest BCUT2D eigenvalue weighted by Crippen LogP contribution is 2.21. The third-order valence-electron chi connectivity index (χ3n) is 2.39. The van der Waals surface area contributed by atoms with Crippen molar-refractivity contribution < 1.29 is 24.7 Å². The fourth-order valence-electron chi connectivity index (χ4n) is 1.45. The number of aliphatic hydroxyl groups is 2. The maximum atomic E-state index is 11.6. The molecular weight excluding hydrogens is 268 g/mol. The molecule has 1 aromatic rings. The lowest BCUT2D eigenvalue weighted by molar-refractivity contribution is -0.384. The second-order valence-corrected chi connectivity index (χ2v) is 3.96. The van der Waals surface area contributed by atoms with Gasteiger partial charge in [0.05, 0.1) is 29.8 Å². The number of hydrogen-bond donors (Lipinski definition) is 3. The molecule has 0 amide bonds. The molecule has 0 aliphatic rings. The molecule has 0 fully saturated rings. The number of nitrogens with one attached hydrogen (secondary N) is 1. The van der Waals surface area contributed by atoms with E-state index in [2.05, 4.69) is 5.32 Å². The predicted molar refractivity (Wildman–Crippen MR) is 70.6 cm³/mol. The topological polar surface area (TPSA) is 122 Å². The Hall–Kier alpha value is -2.19. The lowest BCUT2D eigenvalue weighted by Gasteiger charge is -2.11. The number of non-ortho nitro benzene ring substituents is 1. The van der Waals surface area contributed by atoms with Crippen LogP contribution in [0.5, 0.6) is 0 Å². The number of hydrogen-bond acceptors (Lipinski definition) is 7. The lowest BCUT2D eigenvalue weighted by atomic mass is 10.1. The van der Waals surface area contributed by atoms with Crippen LogP contribution in [0.3, 0.4) is 0 Å². The Kier molecular flexibility index (Phi) is 5.88. The normalized spacial score (nSPS) is 11.8. The standard InChI is InChI=1S/C12H16N2O6/c1-2-20-12(17)8-3-9(13-6-11(16)7-15)5-10(4-8)14(18)19/h3-5,11,13,15-16H,2,6-7H2,1H3. The van der Waals surface area contributed by atoms with Crippen molar-refractivity contribution in [3.63, 3.8) is 0 Å². The average molecular weight is 284 g/mol. The fourth-order valence-corrected chi connectivity index (χ4v) is 1.45. The third-order valence-corrected chi connectivity index (χ3v) is 2.39. The molecule has 1 atom stereocenters. The summed E-state index contributed by atoms with van der Waals surface area (Å²) < 4.78 is 4.79. The summed E-state index contributed by atoms with van der Waals surface area (Å²) in [7, 11) is 0. The van der Waals surface area contributed by atoms with Crippen molar-refractivity contribution in [1.82, 2.24) is 0 Å². The molecule has 0 aromatic heterocycles. The van der Waals surface area contributed by atoms with Gasteiger partial charge in [0, 0.05) is 24.4 Å². The van der Waals surface area contributed by atoms with Crippen molar-refractivity contribution in [1.29, 1.82) is 0 Å². The van der Waals surface area contributed by atoms with Gasteiger partial charge in [-0.25, -0.2) is 4.79 Å². The zero-order chi connectivity index (χ0) is 15.1. The van der Waals surface area contributed by atoms with Crippen molar-refractivity contribution in [2.45, 2.75) is 13.0 Å². The summed E-state index contributed by atoms with van der Waals surface area (Å²) in [4.78, 5) is 21.8. The van der Waals surface area contributed by atoms with Gasteiger partial charge in [0.15, 0.2) is 0 Å². The Bertz CT molecular complexity index is 491. The molecule has 0 aliphatic carbocycles. The molecule has 0 saturated heterocycles. The van der Waals surface area contributed by atoms with Crippen LogP contribution in [0.4, 0.5) is 11.4 Å². The summed E-state index contributed by atoms with van der Waals surface area (Å²) in [6.07, 6.45) is -1.000. The SMILES string of the molecule is CCOC(=O)c1cc(NCC(O)CO)cc([N+](=O)[O-])c1. The summed E-state index contributed by atoms with van der Waals surface area (Å²) in [5, 5.41) is 31.4. The van der Waals surface area contributed by atoms with Gasteiger partial charge in [0.2, 0.25) is 0 Å². The van der Waals surface area contributed by atoms with Gasteiger partial charge in [-0.2, -0.15) is 0 Å². The molecule has 8 nitrogen and oxygen atoms in total. The highest BCUT2D eigenvalue weighted by molar-refractivity contribution is 5.91. The van der Waals surface area contributed by atoms with Crippen LogP contribution in [0.1, 0.15) is 17.3 Å². The van der Waals surface area contributed by atoms with E-state index in [0.717, 1.165) is 6.07 Å². The van der Waals surface area contributed by atoms with Crippen molar-refractivity contribution in [3.8, 4) is 0 Å². The smallest absolute Gasteiger partial charge is 0.338 e. The van der Waals surface area contributed by atoms with E-state index < -0.39 is 23.6 Å². The van der Waals surface area contributed by atoms with Gasteiger partial charge >= 0.3 is 5.97 Å². The predicted octanol–water partition coefficient (Wildman–Crippen LogP) is 0.537. The molecule has 0 radical (unpaired) electrons. The minimum atomic E-state index is -1.000. The zero-order valence-corrected chi connectivity index (χ0v) is 10.9. The number of nitro groups is 1. The first-order valence-electron chi connectivity index (χ1n) is 5.97. The van der Waals surface area contributed by atoms with Gasteiger partial charge in [0.25, 0.3) is 5.69 Å². The van der Waals surface area contributed by atoms with Crippen LogP contribution in [-0.2, 0) is 4.74 Å². The van der Waals surface area contributed by atoms with Crippen molar-refractivity contribution >= 4 is 17.3 Å². The zero-order valence-electron chi connectivity index (χ0n) is 10.9. The second-order valence-electron chi connectivity index (χ2n) is 3.96. The van der Waals surface area contributed by atoms with Crippen LogP contribution in [0.15, 0.2) is 18.2 Å². The number of anilines is 1. The average Bonchev–Trinajstić information content (AvgIpc) is 2.44.